The highest BCUT2D eigenvalue weighted by Crippen LogP contribution is 2.36. The van der Waals surface area contributed by atoms with Crippen LogP contribution in [0.4, 0.5) is 0 Å². The molecule has 63 heavy (non-hydrogen) atoms. The minimum atomic E-state index is 0.334. The Morgan fingerprint density at radius 3 is 1.65 bits per heavy atom. The summed E-state index contributed by atoms with van der Waals surface area (Å²) < 4.78 is 0. The lowest BCUT2D eigenvalue weighted by Gasteiger charge is -2.15. The van der Waals surface area contributed by atoms with Crippen LogP contribution in [0.25, 0.3) is 111 Å². The van der Waals surface area contributed by atoms with Crippen molar-refractivity contribution in [2.24, 2.45) is 0 Å². The molecule has 298 valence electrons. The summed E-state index contributed by atoms with van der Waals surface area (Å²) in [6.07, 6.45) is 3.85. The van der Waals surface area contributed by atoms with Gasteiger partial charge in [-0.3, -0.25) is 4.98 Å². The second kappa shape index (κ2) is 16.0. The van der Waals surface area contributed by atoms with Gasteiger partial charge in [0.1, 0.15) is 0 Å². The molecular formula is C58H41N5. The van der Waals surface area contributed by atoms with Crippen LogP contribution in [0.5, 0.6) is 0 Å². The summed E-state index contributed by atoms with van der Waals surface area (Å²) in [7, 11) is 0. The summed E-state index contributed by atoms with van der Waals surface area (Å²) in [4.78, 5) is 25.4. The number of benzene rings is 7. The number of hydrogen-bond donors (Lipinski definition) is 0. The maximum absolute atomic E-state index is 5.32. The molecule has 0 atom stereocenters. The van der Waals surface area contributed by atoms with Gasteiger partial charge >= 0.3 is 0 Å². The van der Waals surface area contributed by atoms with Gasteiger partial charge in [0.05, 0.1) is 33.8 Å². The Morgan fingerprint density at radius 1 is 0.333 bits per heavy atom. The zero-order chi connectivity index (χ0) is 42.3. The molecule has 7 aromatic carbocycles. The van der Waals surface area contributed by atoms with Crippen molar-refractivity contribution in [1.29, 1.82) is 0 Å². The number of rotatable bonds is 8. The maximum Gasteiger partial charge on any atom is 0.160 e. The van der Waals surface area contributed by atoms with Gasteiger partial charge in [0.2, 0.25) is 0 Å². The molecule has 0 aliphatic heterocycles. The molecule has 5 nitrogen and oxygen atoms in total. The third kappa shape index (κ3) is 7.30. The lowest BCUT2D eigenvalue weighted by molar-refractivity contribution is 0.875. The van der Waals surface area contributed by atoms with E-state index < -0.39 is 0 Å². The molecule has 0 saturated carbocycles. The number of pyridine rings is 3. The molecule has 0 aliphatic carbocycles. The van der Waals surface area contributed by atoms with Crippen molar-refractivity contribution >= 4 is 32.6 Å². The average Bonchev–Trinajstić information content (AvgIpc) is 3.36. The summed E-state index contributed by atoms with van der Waals surface area (Å²) in [5.41, 5.74) is 16.2. The van der Waals surface area contributed by atoms with Crippen LogP contribution in [0.1, 0.15) is 25.3 Å². The van der Waals surface area contributed by atoms with Gasteiger partial charge in [-0.25, -0.2) is 19.9 Å². The topological polar surface area (TPSA) is 64.5 Å². The summed E-state index contributed by atoms with van der Waals surface area (Å²) >= 11 is 0. The normalized spacial score (nSPS) is 11.5. The van der Waals surface area contributed by atoms with Crippen LogP contribution in [-0.2, 0) is 0 Å². The van der Waals surface area contributed by atoms with Gasteiger partial charge in [-0.2, -0.15) is 0 Å². The van der Waals surface area contributed by atoms with Crippen LogP contribution in [0.2, 0.25) is 0 Å². The van der Waals surface area contributed by atoms with Gasteiger partial charge in [-0.1, -0.05) is 178 Å². The van der Waals surface area contributed by atoms with Crippen molar-refractivity contribution < 1.29 is 0 Å². The highest BCUT2D eigenvalue weighted by atomic mass is 14.9. The first-order chi connectivity index (χ1) is 31.0. The first-order valence-corrected chi connectivity index (χ1v) is 21.4. The van der Waals surface area contributed by atoms with Gasteiger partial charge in [-0.15, -0.1) is 0 Å². The van der Waals surface area contributed by atoms with Crippen molar-refractivity contribution in [3.63, 3.8) is 0 Å². The second-order valence-electron chi connectivity index (χ2n) is 16.3. The predicted octanol–water partition coefficient (Wildman–Crippen LogP) is 14.9. The Labute approximate surface area is 366 Å². The number of hydrogen-bond acceptors (Lipinski definition) is 5. The molecule has 0 aliphatic rings. The van der Waals surface area contributed by atoms with Crippen LogP contribution in [0.15, 0.2) is 207 Å². The van der Waals surface area contributed by atoms with Crippen LogP contribution >= 0.6 is 0 Å². The Balaban J connectivity index is 0.949. The fourth-order valence-corrected chi connectivity index (χ4v) is 8.64. The smallest absolute Gasteiger partial charge is 0.160 e. The molecule has 4 heterocycles. The standard InChI is InChI=1S/C58H41N5/c1-37(2)50-33-53(39-13-5-3-6-14-39)61-57-49(50)29-27-42-28-30-52(60-56(42)57)45-20-11-18-43(31-45)38-23-25-41(26-24-38)55-34-54(40-15-7-4-8-16-40)62-58(63-55)46-21-12-19-44(32-46)51-36-59-35-47-17-9-10-22-48(47)51/h3-37H,1-2H3. The van der Waals surface area contributed by atoms with Crippen LogP contribution in [-0.4, -0.2) is 24.9 Å². The summed E-state index contributed by atoms with van der Waals surface area (Å²) in [6.45, 7) is 4.49. The first-order valence-electron chi connectivity index (χ1n) is 21.4. The summed E-state index contributed by atoms with van der Waals surface area (Å²) in [5.74, 6) is 1.00. The van der Waals surface area contributed by atoms with E-state index in [0.29, 0.717) is 11.7 Å². The highest BCUT2D eigenvalue weighted by molar-refractivity contribution is 6.05. The molecule has 0 saturated heterocycles. The molecule has 0 N–H and O–H groups in total. The summed E-state index contributed by atoms with van der Waals surface area (Å²) in [5, 5.41) is 4.49. The fraction of sp³-hybridized carbons (Fsp3) is 0.0517. The fourth-order valence-electron chi connectivity index (χ4n) is 8.64. The van der Waals surface area contributed by atoms with Crippen LogP contribution < -0.4 is 0 Å². The van der Waals surface area contributed by atoms with Crippen LogP contribution in [0.3, 0.4) is 0 Å². The van der Waals surface area contributed by atoms with Gasteiger partial charge in [0, 0.05) is 61.9 Å². The number of nitrogens with zero attached hydrogens (tertiary/aromatic N) is 5. The van der Waals surface area contributed by atoms with Crippen molar-refractivity contribution in [3.05, 3.63) is 212 Å². The molecular weight excluding hydrogens is 767 g/mol. The highest BCUT2D eigenvalue weighted by Gasteiger charge is 2.16. The van der Waals surface area contributed by atoms with Crippen LogP contribution in [0, 0.1) is 0 Å². The van der Waals surface area contributed by atoms with Crippen molar-refractivity contribution in [3.8, 4) is 78.7 Å². The van der Waals surface area contributed by atoms with E-state index in [4.69, 9.17) is 19.9 Å². The van der Waals surface area contributed by atoms with Gasteiger partial charge in [0.15, 0.2) is 5.82 Å². The molecule has 0 fully saturated rings. The van der Waals surface area contributed by atoms with E-state index in [0.717, 1.165) is 105 Å². The van der Waals surface area contributed by atoms with Crippen molar-refractivity contribution in [1.82, 2.24) is 24.9 Å². The van der Waals surface area contributed by atoms with Crippen molar-refractivity contribution in [2.75, 3.05) is 0 Å². The van der Waals surface area contributed by atoms with Crippen molar-refractivity contribution in [2.45, 2.75) is 19.8 Å². The second-order valence-corrected chi connectivity index (χ2v) is 16.3. The lowest BCUT2D eigenvalue weighted by Crippen LogP contribution is -1.97. The molecule has 0 amide bonds. The minimum absolute atomic E-state index is 0.334. The van der Waals surface area contributed by atoms with E-state index in [9.17, 15) is 0 Å². The monoisotopic (exact) mass is 807 g/mol. The predicted molar refractivity (Wildman–Crippen MR) is 260 cm³/mol. The molecule has 5 heteroatoms. The molecule has 4 aromatic heterocycles. The quantitative estimate of drug-likeness (QED) is 0.143. The Morgan fingerprint density at radius 2 is 0.905 bits per heavy atom. The summed E-state index contributed by atoms with van der Waals surface area (Å²) in [6, 6.07) is 67.8. The lowest BCUT2D eigenvalue weighted by atomic mass is 9.95. The third-order valence-corrected chi connectivity index (χ3v) is 11.9. The zero-order valence-electron chi connectivity index (χ0n) is 34.9. The van der Waals surface area contributed by atoms with E-state index in [-0.39, 0.29) is 0 Å². The molecule has 11 aromatic rings. The molecule has 11 rings (SSSR count). The van der Waals surface area contributed by atoms with E-state index in [1.807, 2.05) is 42.7 Å². The SMILES string of the molecule is CC(C)c1cc(-c2ccccc2)nc2c1ccc1ccc(-c3cccc(-c4ccc(-c5cc(-c6ccccc6)nc(-c6cccc(-c7cncc8ccccc78)c6)n5)cc4)c3)nc12. The van der Waals surface area contributed by atoms with E-state index >= 15 is 0 Å². The Bertz CT molecular complexity index is 3470. The van der Waals surface area contributed by atoms with Gasteiger partial charge in [0.25, 0.3) is 0 Å². The molecule has 0 spiro atoms. The molecule has 0 bridgehead atoms. The minimum Gasteiger partial charge on any atom is -0.263 e. The van der Waals surface area contributed by atoms with Gasteiger partial charge < -0.3 is 0 Å². The zero-order valence-corrected chi connectivity index (χ0v) is 34.9. The largest absolute Gasteiger partial charge is 0.263 e. The molecule has 0 radical (unpaired) electrons. The Hall–Kier alpha value is -8.15. The van der Waals surface area contributed by atoms with Gasteiger partial charge in [-0.05, 0) is 63.9 Å². The molecule has 0 unspecified atom stereocenters. The van der Waals surface area contributed by atoms with E-state index in [2.05, 4.69) is 183 Å². The third-order valence-electron chi connectivity index (χ3n) is 11.9. The average molecular weight is 808 g/mol. The first kappa shape index (κ1) is 37.8. The number of fused-ring (bicyclic) bond motifs is 4. The van der Waals surface area contributed by atoms with E-state index in [1.54, 1.807) is 0 Å². The van der Waals surface area contributed by atoms with E-state index in [1.165, 1.54) is 5.56 Å². The maximum atomic E-state index is 5.32. The number of aromatic nitrogens is 5. The Kier molecular flexibility index (Phi) is 9.63.